The molecule has 0 atom stereocenters. The smallest absolute Gasteiger partial charge is 0.311 e. The number of pyridine rings is 1. The van der Waals surface area contributed by atoms with E-state index in [0.717, 1.165) is 0 Å². The predicted molar refractivity (Wildman–Crippen MR) is 121 cm³/mol. The summed E-state index contributed by atoms with van der Waals surface area (Å²) in [5.41, 5.74) is 6.71. The molecule has 0 saturated carbocycles. The molecule has 0 spiro atoms. The van der Waals surface area contributed by atoms with Crippen LogP contribution in [0.4, 0.5) is 28.7 Å². The normalized spacial score (nSPS) is 10.5. The van der Waals surface area contributed by atoms with Gasteiger partial charge in [0.15, 0.2) is 0 Å². The first-order chi connectivity index (χ1) is 14.8. The Morgan fingerprint density at radius 3 is 2.19 bits per heavy atom. The van der Waals surface area contributed by atoms with Gasteiger partial charge in [-0.25, -0.2) is 4.98 Å². The number of hydrogen-bond acceptors (Lipinski definition) is 8. The van der Waals surface area contributed by atoms with Gasteiger partial charge in [-0.2, -0.15) is 0 Å². The zero-order chi connectivity index (χ0) is 22.5. The number of anilines is 3. The van der Waals surface area contributed by atoms with E-state index in [1.165, 1.54) is 24.3 Å². The Morgan fingerprint density at radius 1 is 0.871 bits per heavy atom. The molecule has 1 heterocycles. The van der Waals surface area contributed by atoms with Gasteiger partial charge in [-0.3, -0.25) is 20.2 Å². The van der Waals surface area contributed by atoms with Crippen molar-refractivity contribution in [3.05, 3.63) is 78.8 Å². The second-order valence-electron chi connectivity index (χ2n) is 6.32. The number of aromatic nitrogens is 1. The molecule has 2 aromatic carbocycles. The van der Waals surface area contributed by atoms with Crippen molar-refractivity contribution in [2.45, 2.75) is 0 Å². The lowest BCUT2D eigenvalue weighted by atomic mass is 10.0. The molecule has 10 nitrogen and oxygen atoms in total. The van der Waals surface area contributed by atoms with Gasteiger partial charge >= 0.3 is 5.69 Å². The molecule has 4 N–H and O–H groups in total. The van der Waals surface area contributed by atoms with Crippen molar-refractivity contribution in [2.75, 3.05) is 29.5 Å². The average Bonchev–Trinajstić information content (AvgIpc) is 2.71. The summed E-state index contributed by atoms with van der Waals surface area (Å²) in [6.07, 6.45) is 0. The fraction of sp³-hybridized carbons (Fsp3) is 0.105. The Bertz CT molecular complexity index is 1160. The summed E-state index contributed by atoms with van der Waals surface area (Å²) >= 11 is 12.2. The number of nitrogen functional groups attached to an aromatic ring is 1. The van der Waals surface area contributed by atoms with Gasteiger partial charge in [0.05, 0.1) is 20.4 Å². The van der Waals surface area contributed by atoms with Crippen molar-refractivity contribution in [2.24, 2.45) is 0 Å². The van der Waals surface area contributed by atoms with Crippen LogP contribution in [0.5, 0.6) is 0 Å². The van der Waals surface area contributed by atoms with Gasteiger partial charge in [0.1, 0.15) is 5.82 Å². The summed E-state index contributed by atoms with van der Waals surface area (Å²) in [5, 5.41) is 29.1. The standard InChI is InChI=1S/C19H16Cl2N6O4/c20-11-1-3-13(15(21)9-11)14-10-12(2-4-16(14)26(28)29)23-7-8-24-18-6-5-17(27(30)31)19(22)25-18/h1-6,9-10,23H,7-8H2,(H3,22,24,25). The highest BCUT2D eigenvalue weighted by Crippen LogP contribution is 2.37. The Labute approximate surface area is 186 Å². The maximum absolute atomic E-state index is 11.4. The highest BCUT2D eigenvalue weighted by Gasteiger charge is 2.18. The van der Waals surface area contributed by atoms with E-state index in [2.05, 4.69) is 15.6 Å². The highest BCUT2D eigenvalue weighted by atomic mass is 35.5. The third-order valence-corrected chi connectivity index (χ3v) is 4.82. The van der Waals surface area contributed by atoms with E-state index in [0.29, 0.717) is 45.8 Å². The lowest BCUT2D eigenvalue weighted by Crippen LogP contribution is -2.15. The van der Waals surface area contributed by atoms with Crippen LogP contribution in [0.15, 0.2) is 48.5 Å². The summed E-state index contributed by atoms with van der Waals surface area (Å²) in [4.78, 5) is 25.1. The molecular weight excluding hydrogens is 447 g/mol. The van der Waals surface area contributed by atoms with Gasteiger partial charge in [-0.15, -0.1) is 0 Å². The zero-order valence-electron chi connectivity index (χ0n) is 15.8. The van der Waals surface area contributed by atoms with Crippen molar-refractivity contribution in [3.8, 4) is 11.1 Å². The summed E-state index contributed by atoms with van der Waals surface area (Å²) < 4.78 is 0. The van der Waals surface area contributed by atoms with Crippen LogP contribution in [0.3, 0.4) is 0 Å². The van der Waals surface area contributed by atoms with E-state index >= 15 is 0 Å². The molecule has 0 fully saturated rings. The van der Waals surface area contributed by atoms with Crippen molar-refractivity contribution in [1.29, 1.82) is 0 Å². The number of nitrogens with two attached hydrogens (primary N) is 1. The summed E-state index contributed by atoms with van der Waals surface area (Å²) in [5.74, 6) is 0.213. The van der Waals surface area contributed by atoms with Crippen molar-refractivity contribution in [1.82, 2.24) is 4.98 Å². The molecular formula is C19H16Cl2N6O4. The van der Waals surface area contributed by atoms with E-state index in [-0.39, 0.29) is 17.2 Å². The van der Waals surface area contributed by atoms with Gasteiger partial charge in [-0.1, -0.05) is 29.3 Å². The van der Waals surface area contributed by atoms with Gasteiger partial charge < -0.3 is 16.4 Å². The van der Waals surface area contributed by atoms with Crippen LogP contribution >= 0.6 is 23.2 Å². The minimum atomic E-state index is -0.604. The summed E-state index contributed by atoms with van der Waals surface area (Å²) in [6, 6.07) is 12.1. The Hall–Kier alpha value is -3.63. The number of hydrogen-bond donors (Lipinski definition) is 3. The van der Waals surface area contributed by atoms with E-state index < -0.39 is 9.85 Å². The lowest BCUT2D eigenvalue weighted by molar-refractivity contribution is -0.384. The number of rotatable bonds is 8. The number of nitrogens with one attached hydrogen (secondary N) is 2. The first kappa shape index (κ1) is 22.1. The minimum Gasteiger partial charge on any atom is -0.383 e. The minimum absolute atomic E-state index is 0.0848. The fourth-order valence-corrected chi connectivity index (χ4v) is 3.36. The molecule has 0 bridgehead atoms. The molecule has 0 radical (unpaired) electrons. The fourth-order valence-electron chi connectivity index (χ4n) is 2.85. The first-order valence-electron chi connectivity index (χ1n) is 8.89. The van der Waals surface area contributed by atoms with E-state index in [1.807, 2.05) is 0 Å². The molecule has 3 aromatic rings. The van der Waals surface area contributed by atoms with Gasteiger partial charge in [0, 0.05) is 41.5 Å². The van der Waals surface area contributed by atoms with Crippen molar-refractivity contribution in [3.63, 3.8) is 0 Å². The zero-order valence-corrected chi connectivity index (χ0v) is 17.4. The Kier molecular flexibility index (Phi) is 6.73. The second kappa shape index (κ2) is 9.45. The molecule has 12 heteroatoms. The van der Waals surface area contributed by atoms with Crippen LogP contribution in [0.25, 0.3) is 11.1 Å². The van der Waals surface area contributed by atoms with Crippen molar-refractivity contribution < 1.29 is 9.85 Å². The number of nitrogens with zero attached hydrogens (tertiary/aromatic N) is 3. The number of benzene rings is 2. The molecule has 0 unspecified atom stereocenters. The third kappa shape index (κ3) is 5.30. The largest absolute Gasteiger partial charge is 0.383 e. The van der Waals surface area contributed by atoms with Crippen LogP contribution in [0.1, 0.15) is 0 Å². The topological polar surface area (TPSA) is 149 Å². The van der Waals surface area contributed by atoms with E-state index in [4.69, 9.17) is 28.9 Å². The van der Waals surface area contributed by atoms with Crippen LogP contribution in [0, 0.1) is 20.2 Å². The average molecular weight is 463 g/mol. The summed E-state index contributed by atoms with van der Waals surface area (Å²) in [6.45, 7) is 0.850. The Balaban J connectivity index is 1.70. The third-order valence-electron chi connectivity index (χ3n) is 4.27. The lowest BCUT2D eigenvalue weighted by Gasteiger charge is -2.11. The number of nitro groups is 2. The maximum atomic E-state index is 11.4. The molecule has 160 valence electrons. The van der Waals surface area contributed by atoms with Crippen LogP contribution in [0.2, 0.25) is 10.0 Å². The molecule has 0 aliphatic heterocycles. The molecule has 1 aromatic heterocycles. The van der Waals surface area contributed by atoms with E-state index in [1.54, 1.807) is 24.3 Å². The Morgan fingerprint density at radius 2 is 1.55 bits per heavy atom. The quantitative estimate of drug-likeness (QED) is 0.241. The maximum Gasteiger partial charge on any atom is 0.311 e. The van der Waals surface area contributed by atoms with Crippen LogP contribution in [-0.2, 0) is 0 Å². The highest BCUT2D eigenvalue weighted by molar-refractivity contribution is 6.36. The molecule has 3 rings (SSSR count). The van der Waals surface area contributed by atoms with E-state index in [9.17, 15) is 20.2 Å². The molecule has 0 aliphatic rings. The SMILES string of the molecule is Nc1nc(NCCNc2ccc([N+](=O)[O-])c(-c3ccc(Cl)cc3Cl)c2)ccc1[N+](=O)[O-]. The van der Waals surface area contributed by atoms with Crippen LogP contribution in [-0.4, -0.2) is 27.9 Å². The van der Waals surface area contributed by atoms with Gasteiger partial charge in [-0.05, 0) is 30.3 Å². The van der Waals surface area contributed by atoms with Gasteiger partial charge in [0.2, 0.25) is 5.82 Å². The monoisotopic (exact) mass is 462 g/mol. The molecule has 31 heavy (non-hydrogen) atoms. The predicted octanol–water partition coefficient (Wildman–Crippen LogP) is 4.98. The molecule has 0 amide bonds. The van der Waals surface area contributed by atoms with Crippen molar-refractivity contribution >= 4 is 51.9 Å². The number of halogens is 2. The van der Waals surface area contributed by atoms with Crippen LogP contribution < -0.4 is 16.4 Å². The molecule has 0 saturated heterocycles. The summed E-state index contributed by atoms with van der Waals surface area (Å²) in [7, 11) is 0. The molecule has 0 aliphatic carbocycles. The van der Waals surface area contributed by atoms with Gasteiger partial charge in [0.25, 0.3) is 5.69 Å². The number of nitro benzene ring substituents is 1. The second-order valence-corrected chi connectivity index (χ2v) is 7.17. The first-order valence-corrected chi connectivity index (χ1v) is 9.64.